The Morgan fingerprint density at radius 3 is 2.33 bits per heavy atom. The van der Waals surface area contributed by atoms with Gasteiger partial charge in [0, 0.05) is 5.56 Å². The topological polar surface area (TPSA) is 38.3 Å². The molecule has 0 aliphatic rings. The lowest BCUT2D eigenvalue weighted by Crippen LogP contribution is -2.28. The summed E-state index contributed by atoms with van der Waals surface area (Å²) >= 11 is 0. The number of carbonyl (C=O) groups excluding carboxylic acids is 1. The van der Waals surface area contributed by atoms with Gasteiger partial charge in [0.2, 0.25) is 0 Å². The first-order valence-corrected chi connectivity index (χ1v) is 8.83. The second-order valence-corrected chi connectivity index (χ2v) is 5.92. The van der Waals surface area contributed by atoms with Gasteiger partial charge in [-0.1, -0.05) is 57.0 Å². The first-order chi connectivity index (χ1) is 11.7. The molecule has 1 amide bonds. The van der Waals surface area contributed by atoms with Gasteiger partial charge in [-0.05, 0) is 42.7 Å². The van der Waals surface area contributed by atoms with Crippen molar-refractivity contribution in [3.8, 4) is 5.75 Å². The van der Waals surface area contributed by atoms with E-state index in [0.717, 1.165) is 30.8 Å². The molecule has 0 aliphatic heterocycles. The standard InChI is InChI=1S/C21H27NO2/c1-3-5-9-16-24-19-14-12-18(13-15-19)21(23)22-20(4-2)17-10-7-6-8-11-17/h6-8,10-15,20H,3-5,9,16H2,1-2H3,(H,22,23). The molecule has 3 nitrogen and oxygen atoms in total. The van der Waals surface area contributed by atoms with Gasteiger partial charge in [-0.15, -0.1) is 0 Å². The Bertz CT molecular complexity index is 607. The molecule has 2 aromatic carbocycles. The number of ether oxygens (including phenoxy) is 1. The van der Waals surface area contributed by atoms with E-state index in [1.807, 2.05) is 54.6 Å². The van der Waals surface area contributed by atoms with E-state index in [1.165, 1.54) is 12.8 Å². The molecule has 128 valence electrons. The molecule has 0 spiro atoms. The fourth-order valence-corrected chi connectivity index (χ4v) is 2.59. The van der Waals surface area contributed by atoms with Gasteiger partial charge in [-0.25, -0.2) is 0 Å². The molecule has 2 rings (SSSR count). The van der Waals surface area contributed by atoms with Crippen molar-refractivity contribution in [2.24, 2.45) is 0 Å². The van der Waals surface area contributed by atoms with Crippen LogP contribution < -0.4 is 10.1 Å². The van der Waals surface area contributed by atoms with E-state index in [0.29, 0.717) is 5.56 Å². The smallest absolute Gasteiger partial charge is 0.251 e. The van der Waals surface area contributed by atoms with Gasteiger partial charge in [0.25, 0.3) is 5.91 Å². The van der Waals surface area contributed by atoms with Gasteiger partial charge in [0.1, 0.15) is 5.75 Å². The number of carbonyl (C=O) groups is 1. The Balaban J connectivity index is 1.92. The van der Waals surface area contributed by atoms with Crippen molar-refractivity contribution in [1.29, 1.82) is 0 Å². The lowest BCUT2D eigenvalue weighted by atomic mass is 10.0. The van der Waals surface area contributed by atoms with Crippen LogP contribution in [0, 0.1) is 0 Å². The van der Waals surface area contributed by atoms with Gasteiger partial charge < -0.3 is 10.1 Å². The molecule has 3 heteroatoms. The lowest BCUT2D eigenvalue weighted by molar-refractivity contribution is 0.0935. The second-order valence-electron chi connectivity index (χ2n) is 5.92. The van der Waals surface area contributed by atoms with Crippen LogP contribution in [-0.4, -0.2) is 12.5 Å². The van der Waals surface area contributed by atoms with Crippen LogP contribution in [0.25, 0.3) is 0 Å². The maximum Gasteiger partial charge on any atom is 0.251 e. The van der Waals surface area contributed by atoms with Crippen molar-refractivity contribution >= 4 is 5.91 Å². The SMILES string of the molecule is CCCCCOc1ccc(C(=O)NC(CC)c2ccccc2)cc1. The van der Waals surface area contributed by atoms with Crippen molar-refractivity contribution in [1.82, 2.24) is 5.32 Å². The zero-order valence-electron chi connectivity index (χ0n) is 14.6. The Kier molecular flexibility index (Phi) is 7.34. The highest BCUT2D eigenvalue weighted by molar-refractivity contribution is 5.94. The molecule has 0 heterocycles. The van der Waals surface area contributed by atoms with E-state index in [-0.39, 0.29) is 11.9 Å². The number of amides is 1. The number of benzene rings is 2. The number of hydrogen-bond donors (Lipinski definition) is 1. The first kappa shape index (κ1) is 18.1. The molecule has 0 saturated heterocycles. The minimum atomic E-state index is -0.0526. The summed E-state index contributed by atoms with van der Waals surface area (Å²) in [7, 11) is 0. The molecule has 0 fully saturated rings. The van der Waals surface area contributed by atoms with Crippen molar-refractivity contribution in [2.45, 2.75) is 45.6 Å². The highest BCUT2D eigenvalue weighted by atomic mass is 16.5. The molecule has 0 radical (unpaired) electrons. The largest absolute Gasteiger partial charge is 0.494 e. The van der Waals surface area contributed by atoms with E-state index in [9.17, 15) is 4.79 Å². The predicted octanol–water partition coefficient (Wildman–Crippen LogP) is 5.14. The molecule has 24 heavy (non-hydrogen) atoms. The van der Waals surface area contributed by atoms with Crippen LogP contribution in [0.15, 0.2) is 54.6 Å². The molecule has 0 bridgehead atoms. The maximum atomic E-state index is 12.4. The zero-order valence-corrected chi connectivity index (χ0v) is 14.6. The van der Waals surface area contributed by atoms with Crippen LogP contribution in [0.5, 0.6) is 5.75 Å². The summed E-state index contributed by atoms with van der Waals surface area (Å²) in [5, 5.41) is 3.10. The third kappa shape index (κ3) is 5.41. The minimum Gasteiger partial charge on any atom is -0.494 e. The Morgan fingerprint density at radius 2 is 1.71 bits per heavy atom. The maximum absolute atomic E-state index is 12.4. The summed E-state index contributed by atoms with van der Waals surface area (Å²) in [4.78, 5) is 12.4. The summed E-state index contributed by atoms with van der Waals surface area (Å²) in [5.41, 5.74) is 1.79. The zero-order chi connectivity index (χ0) is 17.2. The predicted molar refractivity (Wildman–Crippen MR) is 98.4 cm³/mol. The van der Waals surface area contributed by atoms with E-state index >= 15 is 0 Å². The van der Waals surface area contributed by atoms with Crippen LogP contribution in [0.2, 0.25) is 0 Å². The summed E-state index contributed by atoms with van der Waals surface area (Å²) in [6, 6.07) is 17.5. The third-order valence-electron chi connectivity index (χ3n) is 4.05. The molecule has 1 unspecified atom stereocenters. The second kappa shape index (κ2) is 9.76. The molecule has 0 saturated carbocycles. The van der Waals surface area contributed by atoms with Crippen LogP contribution in [0.3, 0.4) is 0 Å². The molecular formula is C21H27NO2. The van der Waals surface area contributed by atoms with Gasteiger partial charge in [-0.2, -0.15) is 0 Å². The number of rotatable bonds is 9. The highest BCUT2D eigenvalue weighted by Gasteiger charge is 2.13. The average molecular weight is 325 g/mol. The molecule has 1 atom stereocenters. The van der Waals surface area contributed by atoms with Crippen LogP contribution >= 0.6 is 0 Å². The number of nitrogens with one attached hydrogen (secondary N) is 1. The quantitative estimate of drug-likeness (QED) is 0.649. The van der Waals surface area contributed by atoms with Crippen LogP contribution in [-0.2, 0) is 0 Å². The van der Waals surface area contributed by atoms with E-state index in [1.54, 1.807) is 0 Å². The van der Waals surface area contributed by atoms with Crippen molar-refractivity contribution < 1.29 is 9.53 Å². The van der Waals surface area contributed by atoms with Gasteiger partial charge in [0.15, 0.2) is 0 Å². The number of hydrogen-bond acceptors (Lipinski definition) is 2. The van der Waals surface area contributed by atoms with E-state index < -0.39 is 0 Å². The summed E-state index contributed by atoms with van der Waals surface area (Å²) in [6.45, 7) is 4.98. The van der Waals surface area contributed by atoms with Crippen molar-refractivity contribution in [3.05, 3.63) is 65.7 Å². The van der Waals surface area contributed by atoms with Gasteiger partial charge in [-0.3, -0.25) is 4.79 Å². The van der Waals surface area contributed by atoms with Crippen molar-refractivity contribution in [2.75, 3.05) is 6.61 Å². The first-order valence-electron chi connectivity index (χ1n) is 8.83. The third-order valence-corrected chi connectivity index (χ3v) is 4.05. The fraction of sp³-hybridized carbons (Fsp3) is 0.381. The Labute approximate surface area is 145 Å². The Hall–Kier alpha value is -2.29. The molecule has 1 N–H and O–H groups in total. The summed E-state index contributed by atoms with van der Waals surface area (Å²) < 4.78 is 5.68. The molecular weight excluding hydrogens is 298 g/mol. The van der Waals surface area contributed by atoms with Gasteiger partial charge in [0.05, 0.1) is 12.6 Å². The summed E-state index contributed by atoms with van der Waals surface area (Å²) in [5.74, 6) is 0.765. The average Bonchev–Trinajstić information content (AvgIpc) is 2.64. The van der Waals surface area contributed by atoms with Crippen molar-refractivity contribution in [3.63, 3.8) is 0 Å². The van der Waals surface area contributed by atoms with Crippen LogP contribution in [0.4, 0.5) is 0 Å². The van der Waals surface area contributed by atoms with E-state index in [2.05, 4.69) is 19.2 Å². The normalized spacial score (nSPS) is 11.8. The minimum absolute atomic E-state index is 0.0312. The molecule has 2 aromatic rings. The number of unbranched alkanes of at least 4 members (excludes halogenated alkanes) is 2. The lowest BCUT2D eigenvalue weighted by Gasteiger charge is -2.17. The Morgan fingerprint density at radius 1 is 1.00 bits per heavy atom. The molecule has 0 aromatic heterocycles. The van der Waals surface area contributed by atoms with E-state index in [4.69, 9.17) is 4.74 Å². The van der Waals surface area contributed by atoms with Crippen LogP contribution in [0.1, 0.15) is 61.5 Å². The monoisotopic (exact) mass is 325 g/mol. The molecule has 0 aliphatic carbocycles. The summed E-state index contributed by atoms with van der Waals surface area (Å²) in [6.07, 6.45) is 4.28. The van der Waals surface area contributed by atoms with Gasteiger partial charge >= 0.3 is 0 Å². The highest BCUT2D eigenvalue weighted by Crippen LogP contribution is 2.18. The fourth-order valence-electron chi connectivity index (χ4n) is 2.59.